The normalized spacial score (nSPS) is 12.8. The molecule has 0 radical (unpaired) electrons. The topological polar surface area (TPSA) is 56.1 Å². The summed E-state index contributed by atoms with van der Waals surface area (Å²) in [5.41, 5.74) is -1.15. The van der Waals surface area contributed by atoms with Crippen LogP contribution in [0.2, 0.25) is 0 Å². The minimum atomic E-state index is -4.52. The average Bonchev–Trinajstić information content (AvgIpc) is 2.38. The highest BCUT2D eigenvalue weighted by Crippen LogP contribution is 2.34. The number of alkyl halides is 3. The molecule has 21 heavy (non-hydrogen) atoms. The number of hydrogen-bond acceptors (Lipinski definition) is 3. The molecule has 0 aliphatic rings. The monoisotopic (exact) mass is 299 g/mol. The molecule has 1 amide bonds. The van der Waals surface area contributed by atoms with E-state index < -0.39 is 17.6 Å². The van der Waals surface area contributed by atoms with Crippen molar-refractivity contribution in [1.82, 2.24) is 4.90 Å². The minimum absolute atomic E-state index is 0.0883. The van der Waals surface area contributed by atoms with Crippen molar-refractivity contribution in [1.29, 1.82) is 5.26 Å². The molecule has 0 aromatic heterocycles. The molecular weight excluding hydrogens is 283 g/mol. The van der Waals surface area contributed by atoms with Crippen LogP contribution in [0.3, 0.4) is 0 Å². The number of para-hydroxylation sites is 1. The van der Waals surface area contributed by atoms with Crippen molar-refractivity contribution in [2.75, 3.05) is 18.9 Å². The van der Waals surface area contributed by atoms with Crippen molar-refractivity contribution in [3.8, 4) is 6.07 Å². The number of nitrogens with zero attached hydrogens (tertiary/aromatic N) is 2. The lowest BCUT2D eigenvalue weighted by Crippen LogP contribution is -2.36. The number of halogens is 3. The van der Waals surface area contributed by atoms with E-state index in [-0.39, 0.29) is 24.7 Å². The average molecular weight is 299 g/mol. The fraction of sp³-hybridized carbons (Fsp3) is 0.429. The summed E-state index contributed by atoms with van der Waals surface area (Å²) in [5, 5.41) is 10.8. The van der Waals surface area contributed by atoms with Crippen LogP contribution in [0.25, 0.3) is 0 Å². The van der Waals surface area contributed by atoms with Gasteiger partial charge in [0, 0.05) is 6.04 Å². The molecule has 1 aromatic rings. The maximum atomic E-state index is 12.8. The number of nitrogens with one attached hydrogen (secondary N) is 1. The van der Waals surface area contributed by atoms with Gasteiger partial charge in [0.05, 0.1) is 30.3 Å². The third-order valence-corrected chi connectivity index (χ3v) is 3.04. The fourth-order valence-corrected chi connectivity index (χ4v) is 1.70. The molecule has 0 fully saturated rings. The van der Waals surface area contributed by atoms with E-state index in [0.29, 0.717) is 0 Å². The molecule has 0 heterocycles. The van der Waals surface area contributed by atoms with Crippen molar-refractivity contribution < 1.29 is 18.0 Å². The first kappa shape index (κ1) is 17.0. The molecule has 0 aliphatic carbocycles. The number of hydrogen-bond donors (Lipinski definition) is 1. The van der Waals surface area contributed by atoms with Crippen LogP contribution in [0.15, 0.2) is 24.3 Å². The van der Waals surface area contributed by atoms with E-state index in [0.717, 1.165) is 6.07 Å². The Morgan fingerprint density at radius 2 is 2.05 bits per heavy atom. The Labute approximate surface area is 121 Å². The summed E-state index contributed by atoms with van der Waals surface area (Å²) in [4.78, 5) is 13.4. The molecule has 0 aliphatic heterocycles. The number of amides is 1. The molecule has 0 saturated carbocycles. The molecule has 1 atom stereocenters. The van der Waals surface area contributed by atoms with Gasteiger partial charge >= 0.3 is 6.18 Å². The predicted molar refractivity (Wildman–Crippen MR) is 72.4 cm³/mol. The lowest BCUT2D eigenvalue weighted by atomic mass is 10.1. The van der Waals surface area contributed by atoms with Crippen molar-refractivity contribution in [2.45, 2.75) is 25.6 Å². The molecule has 114 valence electrons. The standard InChI is InChI=1S/C14H16F3N3O/c1-10(7-8-18)20(2)9-13(21)19-12-6-4-3-5-11(12)14(15,16)17/h3-6,10H,7,9H2,1-2H3,(H,19,21). The molecule has 1 rings (SSSR count). The van der Waals surface area contributed by atoms with Crippen molar-refractivity contribution in [3.05, 3.63) is 29.8 Å². The number of benzene rings is 1. The van der Waals surface area contributed by atoms with Crippen LogP contribution in [0, 0.1) is 11.3 Å². The van der Waals surface area contributed by atoms with E-state index in [1.54, 1.807) is 18.9 Å². The van der Waals surface area contributed by atoms with Gasteiger partial charge in [-0.15, -0.1) is 0 Å². The van der Waals surface area contributed by atoms with Crippen LogP contribution >= 0.6 is 0 Å². The second-order valence-electron chi connectivity index (χ2n) is 4.72. The summed E-state index contributed by atoms with van der Waals surface area (Å²) in [5.74, 6) is -0.556. The van der Waals surface area contributed by atoms with Crippen LogP contribution in [-0.2, 0) is 11.0 Å². The highest BCUT2D eigenvalue weighted by Gasteiger charge is 2.33. The molecule has 1 aromatic carbocycles. The lowest BCUT2D eigenvalue weighted by molar-refractivity contribution is -0.137. The SMILES string of the molecule is CC(CC#N)N(C)CC(=O)Nc1ccccc1C(F)(F)F. The smallest absolute Gasteiger partial charge is 0.324 e. The Hall–Kier alpha value is -2.07. The van der Waals surface area contributed by atoms with Crippen LogP contribution in [0.1, 0.15) is 18.9 Å². The van der Waals surface area contributed by atoms with E-state index >= 15 is 0 Å². The maximum Gasteiger partial charge on any atom is 0.418 e. The lowest BCUT2D eigenvalue weighted by Gasteiger charge is -2.22. The second kappa shape index (κ2) is 7.09. The number of likely N-dealkylation sites (N-methyl/N-ethyl adjacent to an activating group) is 1. The zero-order valence-electron chi connectivity index (χ0n) is 11.7. The molecular formula is C14H16F3N3O. The van der Waals surface area contributed by atoms with Gasteiger partial charge in [0.1, 0.15) is 0 Å². The molecule has 0 spiro atoms. The first-order valence-electron chi connectivity index (χ1n) is 6.29. The Balaban J connectivity index is 2.75. The summed E-state index contributed by atoms with van der Waals surface area (Å²) >= 11 is 0. The van der Waals surface area contributed by atoms with Crippen LogP contribution < -0.4 is 5.32 Å². The summed E-state index contributed by atoms with van der Waals surface area (Å²) in [6, 6.07) is 6.63. The van der Waals surface area contributed by atoms with Crippen LogP contribution in [0.4, 0.5) is 18.9 Å². The van der Waals surface area contributed by atoms with Gasteiger partial charge in [-0.05, 0) is 26.1 Å². The van der Waals surface area contributed by atoms with Gasteiger partial charge in [-0.1, -0.05) is 12.1 Å². The number of carbonyl (C=O) groups excluding carboxylic acids is 1. The third kappa shape index (κ3) is 5.08. The zero-order chi connectivity index (χ0) is 16.0. The van der Waals surface area contributed by atoms with Gasteiger partial charge in [0.25, 0.3) is 0 Å². The van der Waals surface area contributed by atoms with E-state index in [2.05, 4.69) is 5.32 Å². The van der Waals surface area contributed by atoms with E-state index in [1.807, 2.05) is 6.07 Å². The van der Waals surface area contributed by atoms with Gasteiger partial charge in [0.15, 0.2) is 0 Å². The number of rotatable bonds is 5. The minimum Gasteiger partial charge on any atom is -0.324 e. The van der Waals surface area contributed by atoms with E-state index in [9.17, 15) is 18.0 Å². The first-order valence-corrected chi connectivity index (χ1v) is 6.29. The van der Waals surface area contributed by atoms with E-state index in [1.165, 1.54) is 18.2 Å². The van der Waals surface area contributed by atoms with Crippen molar-refractivity contribution >= 4 is 11.6 Å². The second-order valence-corrected chi connectivity index (χ2v) is 4.72. The molecule has 0 bridgehead atoms. The number of carbonyl (C=O) groups is 1. The van der Waals surface area contributed by atoms with Crippen molar-refractivity contribution in [3.63, 3.8) is 0 Å². The molecule has 1 unspecified atom stereocenters. The maximum absolute atomic E-state index is 12.8. The van der Waals surface area contributed by atoms with Gasteiger partial charge in [0.2, 0.25) is 5.91 Å². The Bertz CT molecular complexity index is 537. The highest BCUT2D eigenvalue weighted by molar-refractivity contribution is 5.93. The van der Waals surface area contributed by atoms with E-state index in [4.69, 9.17) is 5.26 Å². The van der Waals surface area contributed by atoms with Gasteiger partial charge in [-0.2, -0.15) is 18.4 Å². The summed E-state index contributed by atoms with van der Waals surface area (Å²) in [6.45, 7) is 1.68. The summed E-state index contributed by atoms with van der Waals surface area (Å²) in [7, 11) is 1.64. The van der Waals surface area contributed by atoms with Crippen LogP contribution in [-0.4, -0.2) is 30.4 Å². The van der Waals surface area contributed by atoms with Crippen LogP contribution in [0.5, 0.6) is 0 Å². The Morgan fingerprint density at radius 1 is 1.43 bits per heavy atom. The Kier molecular flexibility index (Phi) is 5.73. The molecule has 7 heteroatoms. The quantitative estimate of drug-likeness (QED) is 0.909. The van der Waals surface area contributed by atoms with Gasteiger partial charge < -0.3 is 5.32 Å². The summed E-state index contributed by atoms with van der Waals surface area (Å²) in [6.07, 6.45) is -4.28. The molecule has 0 saturated heterocycles. The zero-order valence-corrected chi connectivity index (χ0v) is 11.7. The molecule has 4 nitrogen and oxygen atoms in total. The first-order chi connectivity index (χ1) is 9.75. The third-order valence-electron chi connectivity index (χ3n) is 3.04. The van der Waals surface area contributed by atoms with Crippen molar-refractivity contribution in [2.24, 2.45) is 0 Å². The Morgan fingerprint density at radius 3 is 2.62 bits per heavy atom. The predicted octanol–water partition coefficient (Wildman–Crippen LogP) is 2.88. The summed E-state index contributed by atoms with van der Waals surface area (Å²) < 4.78 is 38.4. The highest BCUT2D eigenvalue weighted by atomic mass is 19.4. The number of anilines is 1. The number of nitriles is 1. The molecule has 1 N–H and O–H groups in total. The fourth-order valence-electron chi connectivity index (χ4n) is 1.70. The van der Waals surface area contributed by atoms with Gasteiger partial charge in [-0.25, -0.2) is 0 Å². The van der Waals surface area contributed by atoms with Gasteiger partial charge in [-0.3, -0.25) is 9.69 Å². The largest absolute Gasteiger partial charge is 0.418 e.